The Morgan fingerprint density at radius 2 is 2.38 bits per heavy atom. The summed E-state index contributed by atoms with van der Waals surface area (Å²) in [5.74, 6) is 1.48. The number of ketones is 1. The first-order chi connectivity index (χ1) is 6.24. The quantitative estimate of drug-likeness (QED) is 0.706. The number of carbonyl (C=O) groups excluding carboxylic acids is 1. The van der Waals surface area contributed by atoms with Gasteiger partial charge in [-0.25, -0.2) is 0 Å². The van der Waals surface area contributed by atoms with Crippen LogP contribution in [0.2, 0.25) is 0 Å². The van der Waals surface area contributed by atoms with Crippen LogP contribution in [0.5, 0.6) is 0 Å². The predicted molar refractivity (Wildman–Crippen MR) is 54.7 cm³/mol. The monoisotopic (exact) mass is 183 g/mol. The number of rotatable bonds is 5. The molecule has 0 aromatic rings. The highest BCUT2D eigenvalue weighted by Crippen LogP contribution is 2.16. The Balaban J connectivity index is 2.13. The molecule has 1 N–H and O–H groups in total. The molecule has 0 spiro atoms. The van der Waals surface area contributed by atoms with Crippen LogP contribution in [-0.2, 0) is 4.79 Å². The van der Waals surface area contributed by atoms with Gasteiger partial charge in [-0.2, -0.15) is 0 Å². The number of hydrogen-bond acceptors (Lipinski definition) is 2. The van der Waals surface area contributed by atoms with E-state index in [1.807, 2.05) is 6.92 Å². The maximum Gasteiger partial charge on any atom is 0.135 e. The minimum Gasteiger partial charge on any atom is -0.316 e. The molecule has 2 unspecified atom stereocenters. The summed E-state index contributed by atoms with van der Waals surface area (Å²) in [5.41, 5.74) is 0. The van der Waals surface area contributed by atoms with E-state index in [2.05, 4.69) is 12.2 Å². The Kier molecular flexibility index (Phi) is 4.43. The molecule has 13 heavy (non-hydrogen) atoms. The van der Waals surface area contributed by atoms with Crippen molar-refractivity contribution < 1.29 is 4.79 Å². The Morgan fingerprint density at radius 3 is 2.92 bits per heavy atom. The van der Waals surface area contributed by atoms with Crippen molar-refractivity contribution in [1.82, 2.24) is 5.32 Å². The van der Waals surface area contributed by atoms with E-state index in [0.29, 0.717) is 5.78 Å². The number of Topliss-reactive ketones (excluding diaryl/α,β-unsaturated/α-hetero) is 1. The van der Waals surface area contributed by atoms with Crippen molar-refractivity contribution in [2.24, 2.45) is 11.8 Å². The normalized spacial score (nSPS) is 24.6. The van der Waals surface area contributed by atoms with Crippen molar-refractivity contribution in [3.8, 4) is 0 Å². The third-order valence-corrected chi connectivity index (χ3v) is 3.12. The van der Waals surface area contributed by atoms with E-state index in [-0.39, 0.29) is 5.92 Å². The first-order valence-corrected chi connectivity index (χ1v) is 5.47. The second-order valence-corrected chi connectivity index (χ2v) is 4.17. The van der Waals surface area contributed by atoms with E-state index in [1.165, 1.54) is 6.42 Å². The van der Waals surface area contributed by atoms with Gasteiger partial charge in [0.2, 0.25) is 0 Å². The molecular weight excluding hydrogens is 162 g/mol. The molecule has 1 rings (SSSR count). The molecule has 0 saturated carbocycles. The second kappa shape index (κ2) is 5.38. The van der Waals surface area contributed by atoms with Gasteiger partial charge in [-0.3, -0.25) is 4.79 Å². The zero-order valence-corrected chi connectivity index (χ0v) is 8.81. The van der Waals surface area contributed by atoms with Gasteiger partial charge in [0.15, 0.2) is 0 Å². The van der Waals surface area contributed by atoms with Crippen molar-refractivity contribution in [2.45, 2.75) is 39.5 Å². The maximum atomic E-state index is 11.5. The lowest BCUT2D eigenvalue weighted by molar-refractivity contribution is -0.122. The van der Waals surface area contributed by atoms with Crippen molar-refractivity contribution in [3.63, 3.8) is 0 Å². The van der Waals surface area contributed by atoms with Crippen LogP contribution in [0.25, 0.3) is 0 Å². The van der Waals surface area contributed by atoms with Crippen LogP contribution in [0.4, 0.5) is 0 Å². The minimum atomic E-state index is 0.273. The molecule has 1 heterocycles. The van der Waals surface area contributed by atoms with Crippen molar-refractivity contribution in [2.75, 3.05) is 13.1 Å². The summed E-state index contributed by atoms with van der Waals surface area (Å²) in [6.45, 7) is 6.38. The van der Waals surface area contributed by atoms with E-state index >= 15 is 0 Å². The lowest BCUT2D eigenvalue weighted by Crippen LogP contribution is -2.13. The Morgan fingerprint density at radius 1 is 1.62 bits per heavy atom. The lowest BCUT2D eigenvalue weighted by Gasteiger charge is -2.10. The maximum absolute atomic E-state index is 11.5. The van der Waals surface area contributed by atoms with Gasteiger partial charge in [-0.1, -0.05) is 13.8 Å². The fourth-order valence-electron chi connectivity index (χ4n) is 1.78. The molecule has 2 atom stereocenters. The van der Waals surface area contributed by atoms with Gasteiger partial charge in [0.25, 0.3) is 0 Å². The summed E-state index contributed by atoms with van der Waals surface area (Å²) in [6, 6.07) is 0. The van der Waals surface area contributed by atoms with Crippen LogP contribution < -0.4 is 5.32 Å². The first-order valence-electron chi connectivity index (χ1n) is 5.47. The van der Waals surface area contributed by atoms with Gasteiger partial charge in [0.1, 0.15) is 5.78 Å². The molecule has 2 heteroatoms. The molecule has 0 aliphatic carbocycles. The molecule has 76 valence electrons. The summed E-state index contributed by atoms with van der Waals surface area (Å²) in [5, 5.41) is 3.33. The number of carbonyl (C=O) groups is 1. The third-order valence-electron chi connectivity index (χ3n) is 3.12. The summed E-state index contributed by atoms with van der Waals surface area (Å²) >= 11 is 0. The summed E-state index contributed by atoms with van der Waals surface area (Å²) in [6.07, 6.45) is 4.13. The number of nitrogens with one attached hydrogen (secondary N) is 1. The molecule has 0 radical (unpaired) electrons. The second-order valence-electron chi connectivity index (χ2n) is 4.17. The van der Waals surface area contributed by atoms with Crippen molar-refractivity contribution in [3.05, 3.63) is 0 Å². The van der Waals surface area contributed by atoms with E-state index in [0.717, 1.165) is 38.3 Å². The van der Waals surface area contributed by atoms with Gasteiger partial charge in [0, 0.05) is 12.3 Å². The van der Waals surface area contributed by atoms with Crippen LogP contribution in [0.3, 0.4) is 0 Å². The highest BCUT2D eigenvalue weighted by atomic mass is 16.1. The topological polar surface area (TPSA) is 29.1 Å². The van der Waals surface area contributed by atoms with Crippen LogP contribution in [0.1, 0.15) is 39.5 Å². The smallest absolute Gasteiger partial charge is 0.135 e. The van der Waals surface area contributed by atoms with Gasteiger partial charge >= 0.3 is 0 Å². The van der Waals surface area contributed by atoms with Gasteiger partial charge in [-0.15, -0.1) is 0 Å². The summed E-state index contributed by atoms with van der Waals surface area (Å²) in [7, 11) is 0. The predicted octanol–water partition coefficient (Wildman–Crippen LogP) is 1.99. The number of hydrogen-bond donors (Lipinski definition) is 1. The summed E-state index contributed by atoms with van der Waals surface area (Å²) < 4.78 is 0. The lowest BCUT2D eigenvalue weighted by atomic mass is 9.95. The Labute approximate surface area is 81.1 Å². The van der Waals surface area contributed by atoms with Crippen LogP contribution >= 0.6 is 0 Å². The average Bonchev–Trinajstić information content (AvgIpc) is 2.65. The van der Waals surface area contributed by atoms with Gasteiger partial charge in [0.05, 0.1) is 0 Å². The van der Waals surface area contributed by atoms with Crippen LogP contribution in [-0.4, -0.2) is 18.9 Å². The van der Waals surface area contributed by atoms with E-state index in [9.17, 15) is 4.79 Å². The molecule has 2 nitrogen and oxygen atoms in total. The highest BCUT2D eigenvalue weighted by molar-refractivity contribution is 5.80. The molecule has 1 saturated heterocycles. The molecule has 1 fully saturated rings. The molecule has 0 aromatic heterocycles. The molecular formula is C11H21NO. The Bertz CT molecular complexity index is 161. The SMILES string of the molecule is CCC(C)C(=O)CCC1CCNC1. The molecule has 0 bridgehead atoms. The van der Waals surface area contributed by atoms with Crippen molar-refractivity contribution >= 4 is 5.78 Å². The van der Waals surface area contributed by atoms with Crippen LogP contribution in [0, 0.1) is 11.8 Å². The molecule has 1 aliphatic rings. The van der Waals surface area contributed by atoms with Gasteiger partial charge < -0.3 is 5.32 Å². The first kappa shape index (κ1) is 10.7. The fourth-order valence-corrected chi connectivity index (χ4v) is 1.78. The largest absolute Gasteiger partial charge is 0.316 e. The zero-order valence-electron chi connectivity index (χ0n) is 8.81. The van der Waals surface area contributed by atoms with Gasteiger partial charge in [-0.05, 0) is 38.3 Å². The van der Waals surface area contributed by atoms with Crippen LogP contribution in [0.15, 0.2) is 0 Å². The molecule has 1 aliphatic heterocycles. The van der Waals surface area contributed by atoms with Crippen molar-refractivity contribution in [1.29, 1.82) is 0 Å². The molecule has 0 aromatic carbocycles. The highest BCUT2D eigenvalue weighted by Gasteiger charge is 2.17. The summed E-state index contributed by atoms with van der Waals surface area (Å²) in [4.78, 5) is 11.5. The van der Waals surface area contributed by atoms with E-state index in [1.54, 1.807) is 0 Å². The average molecular weight is 183 g/mol. The standard InChI is InChI=1S/C11H21NO/c1-3-9(2)11(13)5-4-10-6-7-12-8-10/h9-10,12H,3-8H2,1-2H3. The third kappa shape index (κ3) is 3.47. The van der Waals surface area contributed by atoms with E-state index in [4.69, 9.17) is 0 Å². The zero-order chi connectivity index (χ0) is 9.68. The van der Waals surface area contributed by atoms with E-state index < -0.39 is 0 Å². The fraction of sp³-hybridized carbons (Fsp3) is 0.909. The minimum absolute atomic E-state index is 0.273. The molecule has 0 amide bonds. The Hall–Kier alpha value is -0.370.